The summed E-state index contributed by atoms with van der Waals surface area (Å²) in [5.41, 5.74) is 2.58. The van der Waals surface area contributed by atoms with Gasteiger partial charge in [-0.25, -0.2) is 0 Å². The van der Waals surface area contributed by atoms with E-state index in [0.29, 0.717) is 32.2 Å². The van der Waals surface area contributed by atoms with Crippen molar-refractivity contribution in [2.75, 3.05) is 26.4 Å². The molecular formula is C18H22O5. The summed E-state index contributed by atoms with van der Waals surface area (Å²) >= 11 is 0. The number of hydrogen-bond acceptors (Lipinski definition) is 5. The third kappa shape index (κ3) is 1.52. The van der Waals surface area contributed by atoms with E-state index in [0.717, 1.165) is 36.8 Å². The van der Waals surface area contributed by atoms with E-state index in [2.05, 4.69) is 6.07 Å². The summed E-state index contributed by atoms with van der Waals surface area (Å²) in [6, 6.07) is 3.99. The van der Waals surface area contributed by atoms with E-state index in [1.165, 1.54) is 5.56 Å². The SMILES string of the molecule is Cc1cc(O)c2c(c1)CCC21C2(CCC13OCCO3)OCCO2. The third-order valence-corrected chi connectivity index (χ3v) is 6.13. The third-order valence-electron chi connectivity index (χ3n) is 6.13. The molecule has 1 N–H and O–H groups in total. The van der Waals surface area contributed by atoms with Crippen LogP contribution in [0.1, 0.15) is 36.0 Å². The number of aryl methyl sites for hydroxylation is 2. The van der Waals surface area contributed by atoms with Crippen molar-refractivity contribution >= 4 is 0 Å². The quantitative estimate of drug-likeness (QED) is 0.794. The summed E-state index contributed by atoms with van der Waals surface area (Å²) < 4.78 is 24.7. The fraction of sp³-hybridized carbons (Fsp3) is 0.667. The Labute approximate surface area is 135 Å². The number of benzene rings is 1. The second-order valence-corrected chi connectivity index (χ2v) is 7.12. The number of aromatic hydroxyl groups is 1. The minimum Gasteiger partial charge on any atom is -0.508 e. The Kier molecular flexibility index (Phi) is 2.77. The van der Waals surface area contributed by atoms with Gasteiger partial charge in [0.05, 0.1) is 26.4 Å². The summed E-state index contributed by atoms with van der Waals surface area (Å²) in [6.45, 7) is 4.34. The van der Waals surface area contributed by atoms with Gasteiger partial charge < -0.3 is 24.1 Å². The molecule has 1 aromatic carbocycles. The Hall–Kier alpha value is -1.14. The molecule has 124 valence electrons. The summed E-state index contributed by atoms with van der Waals surface area (Å²) in [5, 5.41) is 10.8. The standard InChI is InChI=1S/C18H22O5/c1-12-10-13-2-3-16(15(13)14(19)11-12)17(20-6-7-21-17)4-5-18(16)22-8-9-23-18/h10-11,19H,2-9H2,1H3. The van der Waals surface area contributed by atoms with Gasteiger partial charge in [-0.2, -0.15) is 0 Å². The number of rotatable bonds is 0. The Morgan fingerprint density at radius 1 is 0.870 bits per heavy atom. The summed E-state index contributed by atoms with van der Waals surface area (Å²) in [4.78, 5) is 0. The van der Waals surface area contributed by atoms with Gasteiger partial charge in [-0.1, -0.05) is 6.07 Å². The molecule has 4 aliphatic rings. The maximum absolute atomic E-state index is 10.8. The Balaban J connectivity index is 1.79. The topological polar surface area (TPSA) is 57.2 Å². The molecule has 2 aliphatic carbocycles. The highest BCUT2D eigenvalue weighted by atomic mass is 16.8. The van der Waals surface area contributed by atoms with Crippen LogP contribution in [-0.4, -0.2) is 43.1 Å². The van der Waals surface area contributed by atoms with Crippen LogP contribution in [0.25, 0.3) is 0 Å². The van der Waals surface area contributed by atoms with Crippen molar-refractivity contribution in [2.24, 2.45) is 0 Å². The van der Waals surface area contributed by atoms with Gasteiger partial charge in [0.15, 0.2) is 11.6 Å². The molecule has 0 radical (unpaired) electrons. The fourth-order valence-corrected chi connectivity index (χ4v) is 5.48. The zero-order valence-electron chi connectivity index (χ0n) is 13.4. The van der Waals surface area contributed by atoms with Crippen LogP contribution in [0.3, 0.4) is 0 Å². The molecule has 5 heteroatoms. The van der Waals surface area contributed by atoms with Crippen LogP contribution in [0.2, 0.25) is 0 Å². The largest absolute Gasteiger partial charge is 0.508 e. The molecule has 0 unspecified atom stereocenters. The minimum atomic E-state index is -0.741. The lowest BCUT2D eigenvalue weighted by Crippen LogP contribution is -2.59. The first-order valence-electron chi connectivity index (χ1n) is 8.51. The molecule has 23 heavy (non-hydrogen) atoms. The molecule has 0 amide bonds. The van der Waals surface area contributed by atoms with Crippen molar-refractivity contribution in [3.8, 4) is 5.75 Å². The lowest BCUT2D eigenvalue weighted by atomic mass is 9.71. The first-order valence-corrected chi connectivity index (χ1v) is 8.51. The van der Waals surface area contributed by atoms with Crippen LogP contribution < -0.4 is 0 Å². The van der Waals surface area contributed by atoms with E-state index >= 15 is 0 Å². The van der Waals surface area contributed by atoms with Crippen LogP contribution in [0, 0.1) is 6.92 Å². The zero-order valence-corrected chi connectivity index (χ0v) is 13.4. The highest BCUT2D eigenvalue weighted by Crippen LogP contribution is 2.67. The maximum Gasteiger partial charge on any atom is 0.183 e. The predicted molar refractivity (Wildman–Crippen MR) is 81.3 cm³/mol. The van der Waals surface area contributed by atoms with Gasteiger partial charge in [-0.3, -0.25) is 0 Å². The van der Waals surface area contributed by atoms with E-state index in [4.69, 9.17) is 18.9 Å². The van der Waals surface area contributed by atoms with Crippen LogP contribution in [0.15, 0.2) is 12.1 Å². The second kappa shape index (κ2) is 4.48. The summed E-state index contributed by atoms with van der Waals surface area (Å²) in [6.07, 6.45) is 3.17. The predicted octanol–water partition coefficient (Wildman–Crippen LogP) is 2.16. The van der Waals surface area contributed by atoms with Crippen LogP contribution in [-0.2, 0) is 30.8 Å². The first-order chi connectivity index (χ1) is 11.1. The average molecular weight is 318 g/mol. The molecule has 2 saturated heterocycles. The number of phenols is 1. The maximum atomic E-state index is 10.8. The zero-order chi connectivity index (χ0) is 15.7. The second-order valence-electron chi connectivity index (χ2n) is 7.12. The number of hydrogen-bond donors (Lipinski definition) is 1. The van der Waals surface area contributed by atoms with E-state index in [9.17, 15) is 5.11 Å². The van der Waals surface area contributed by atoms with Crippen molar-refractivity contribution in [1.82, 2.24) is 0 Å². The van der Waals surface area contributed by atoms with E-state index in [1.54, 1.807) is 0 Å². The van der Waals surface area contributed by atoms with E-state index < -0.39 is 17.0 Å². The summed E-state index contributed by atoms with van der Waals surface area (Å²) in [7, 11) is 0. The molecular weight excluding hydrogens is 296 g/mol. The van der Waals surface area contributed by atoms with Gasteiger partial charge in [0.25, 0.3) is 0 Å². The smallest absolute Gasteiger partial charge is 0.183 e. The number of fused-ring (bicyclic) bond motifs is 4. The monoisotopic (exact) mass is 318 g/mol. The number of phenolic OH excluding ortho intramolecular Hbond substituents is 1. The molecule has 2 heterocycles. The summed E-state index contributed by atoms with van der Waals surface area (Å²) in [5.74, 6) is -1.17. The molecule has 2 aliphatic heterocycles. The molecule has 5 nitrogen and oxygen atoms in total. The minimum absolute atomic E-state index is 0.316. The molecule has 3 fully saturated rings. The van der Waals surface area contributed by atoms with Crippen molar-refractivity contribution in [1.29, 1.82) is 0 Å². The molecule has 1 saturated carbocycles. The van der Waals surface area contributed by atoms with Crippen molar-refractivity contribution < 1.29 is 24.1 Å². The van der Waals surface area contributed by atoms with Crippen LogP contribution >= 0.6 is 0 Å². The van der Waals surface area contributed by atoms with Gasteiger partial charge in [0, 0.05) is 18.4 Å². The Morgan fingerprint density at radius 2 is 1.43 bits per heavy atom. The van der Waals surface area contributed by atoms with Crippen molar-refractivity contribution in [3.05, 3.63) is 28.8 Å². The first kappa shape index (κ1) is 14.2. The Bertz CT molecular complexity index is 632. The van der Waals surface area contributed by atoms with Crippen LogP contribution in [0.4, 0.5) is 0 Å². The fourth-order valence-electron chi connectivity index (χ4n) is 5.48. The van der Waals surface area contributed by atoms with Crippen molar-refractivity contribution in [3.63, 3.8) is 0 Å². The molecule has 0 aromatic heterocycles. The Morgan fingerprint density at radius 3 is 2.00 bits per heavy atom. The highest BCUT2D eigenvalue weighted by molar-refractivity contribution is 5.55. The molecule has 1 aromatic rings. The van der Waals surface area contributed by atoms with Gasteiger partial charge in [-0.05, 0) is 37.0 Å². The van der Waals surface area contributed by atoms with Gasteiger partial charge in [-0.15, -0.1) is 0 Å². The highest BCUT2D eigenvalue weighted by Gasteiger charge is 2.76. The number of ether oxygens (including phenoxy) is 4. The van der Waals surface area contributed by atoms with Crippen molar-refractivity contribution in [2.45, 2.75) is 49.6 Å². The lowest BCUT2D eigenvalue weighted by Gasteiger charge is -2.46. The van der Waals surface area contributed by atoms with Gasteiger partial charge >= 0.3 is 0 Å². The lowest BCUT2D eigenvalue weighted by molar-refractivity contribution is -0.269. The van der Waals surface area contributed by atoms with Gasteiger partial charge in [0.2, 0.25) is 0 Å². The van der Waals surface area contributed by atoms with E-state index in [-0.39, 0.29) is 0 Å². The molecule has 0 atom stereocenters. The van der Waals surface area contributed by atoms with Gasteiger partial charge in [0.1, 0.15) is 11.2 Å². The average Bonchev–Trinajstić information content (AvgIpc) is 3.27. The molecule has 3 spiro atoms. The molecule has 0 bridgehead atoms. The molecule has 5 rings (SSSR count). The van der Waals surface area contributed by atoms with E-state index in [1.807, 2.05) is 13.0 Å². The normalized spacial score (nSPS) is 29.1. The van der Waals surface area contributed by atoms with Crippen LogP contribution in [0.5, 0.6) is 5.75 Å².